The first kappa shape index (κ1) is 5.92. The standard InChI is InChI=1S/C4H10NO/c1-4(2)3-5-6/h4-5H,3H2,1-2H3/q-1. The summed E-state index contributed by atoms with van der Waals surface area (Å²) in [5, 5.41) is 9.49. The lowest BCUT2D eigenvalue weighted by Crippen LogP contribution is -2.10. The molecular formula is C4H10NO-. The van der Waals surface area contributed by atoms with Crippen molar-refractivity contribution in [2.75, 3.05) is 6.54 Å². The normalized spacial score (nSPS) is 10.0. The fourth-order valence-corrected chi connectivity index (χ4v) is 0.167. The van der Waals surface area contributed by atoms with E-state index in [0.29, 0.717) is 12.5 Å². The zero-order chi connectivity index (χ0) is 4.99. The highest BCUT2D eigenvalue weighted by Crippen LogP contribution is 1.84. The fourth-order valence-electron chi connectivity index (χ4n) is 0.167. The Kier molecular flexibility index (Phi) is 3.08. The maximum Gasteiger partial charge on any atom is -0.0146 e. The first-order valence-electron chi connectivity index (χ1n) is 2.12. The second-order valence-electron chi connectivity index (χ2n) is 1.74. The Morgan fingerprint density at radius 3 is 2.17 bits per heavy atom. The molecular weight excluding hydrogens is 78.0 g/mol. The third-order valence-electron chi connectivity index (χ3n) is 0.492. The summed E-state index contributed by atoms with van der Waals surface area (Å²) in [6.45, 7) is 4.55. The van der Waals surface area contributed by atoms with Gasteiger partial charge in [-0.3, -0.25) is 0 Å². The van der Waals surface area contributed by atoms with Crippen LogP contribution in [0.4, 0.5) is 0 Å². The molecule has 0 radical (unpaired) electrons. The lowest BCUT2D eigenvalue weighted by molar-refractivity contribution is 0.612. The number of nitrogens with one attached hydrogen (secondary N) is 1. The highest BCUT2D eigenvalue weighted by molar-refractivity contribution is 4.47. The van der Waals surface area contributed by atoms with Crippen molar-refractivity contribution < 1.29 is 0 Å². The first-order chi connectivity index (χ1) is 2.77. The van der Waals surface area contributed by atoms with Gasteiger partial charge in [0.1, 0.15) is 0 Å². The summed E-state index contributed by atoms with van der Waals surface area (Å²) in [5.41, 5.74) is 1.82. The van der Waals surface area contributed by atoms with E-state index in [4.69, 9.17) is 0 Å². The van der Waals surface area contributed by atoms with Gasteiger partial charge in [0.2, 0.25) is 0 Å². The molecule has 0 aliphatic heterocycles. The van der Waals surface area contributed by atoms with E-state index in [1.165, 1.54) is 0 Å². The van der Waals surface area contributed by atoms with Crippen LogP contribution in [0, 0.1) is 11.1 Å². The Morgan fingerprint density at radius 1 is 1.67 bits per heavy atom. The first-order valence-corrected chi connectivity index (χ1v) is 2.12. The summed E-state index contributed by atoms with van der Waals surface area (Å²) in [4.78, 5) is 0. The molecule has 0 spiro atoms. The van der Waals surface area contributed by atoms with Gasteiger partial charge in [-0.1, -0.05) is 13.8 Å². The topological polar surface area (TPSA) is 35.1 Å². The Bertz CT molecular complexity index is 28.7. The summed E-state index contributed by atoms with van der Waals surface area (Å²) in [7, 11) is 0. The molecule has 0 heterocycles. The summed E-state index contributed by atoms with van der Waals surface area (Å²) < 4.78 is 0. The molecule has 0 aliphatic rings. The molecule has 0 atom stereocenters. The van der Waals surface area contributed by atoms with Crippen LogP contribution in [0.1, 0.15) is 13.8 Å². The van der Waals surface area contributed by atoms with E-state index in [1.54, 1.807) is 0 Å². The summed E-state index contributed by atoms with van der Waals surface area (Å²) >= 11 is 0. The van der Waals surface area contributed by atoms with Gasteiger partial charge in [0.25, 0.3) is 0 Å². The molecule has 38 valence electrons. The van der Waals surface area contributed by atoms with Crippen molar-refractivity contribution in [2.24, 2.45) is 5.92 Å². The molecule has 0 rings (SSSR count). The molecule has 0 bridgehead atoms. The molecule has 0 aromatic rings. The lowest BCUT2D eigenvalue weighted by atomic mass is 10.2. The van der Waals surface area contributed by atoms with E-state index in [2.05, 4.69) is 0 Å². The van der Waals surface area contributed by atoms with Crippen LogP contribution in [0.25, 0.3) is 0 Å². The number of hydrogen-bond acceptors (Lipinski definition) is 2. The van der Waals surface area contributed by atoms with Gasteiger partial charge in [-0.25, -0.2) is 0 Å². The average Bonchev–Trinajstić information content (AvgIpc) is 1.35. The van der Waals surface area contributed by atoms with Gasteiger partial charge in [0.05, 0.1) is 0 Å². The van der Waals surface area contributed by atoms with Gasteiger partial charge in [0.15, 0.2) is 0 Å². The second kappa shape index (κ2) is 3.12. The van der Waals surface area contributed by atoms with Gasteiger partial charge in [-0.2, -0.15) is 0 Å². The molecule has 2 heteroatoms. The highest BCUT2D eigenvalue weighted by Gasteiger charge is 1.81. The van der Waals surface area contributed by atoms with Gasteiger partial charge < -0.3 is 10.7 Å². The van der Waals surface area contributed by atoms with E-state index in [-0.39, 0.29) is 0 Å². The van der Waals surface area contributed by atoms with Crippen molar-refractivity contribution in [3.05, 3.63) is 5.21 Å². The van der Waals surface area contributed by atoms with Crippen molar-refractivity contribution in [1.29, 1.82) is 0 Å². The molecule has 0 unspecified atom stereocenters. The predicted octanol–water partition coefficient (Wildman–Crippen LogP) is 0.730. The van der Waals surface area contributed by atoms with Crippen molar-refractivity contribution in [3.8, 4) is 0 Å². The minimum atomic E-state index is 0.475. The van der Waals surface area contributed by atoms with Gasteiger partial charge in [-0.15, -0.1) is 0 Å². The Balaban J connectivity index is 2.63. The van der Waals surface area contributed by atoms with Gasteiger partial charge in [0, 0.05) is 0 Å². The van der Waals surface area contributed by atoms with Gasteiger partial charge in [-0.05, 0) is 12.5 Å². The number of hydroxylamine groups is 1. The van der Waals surface area contributed by atoms with Crippen LogP contribution in [0.2, 0.25) is 0 Å². The quantitative estimate of drug-likeness (QED) is 0.505. The van der Waals surface area contributed by atoms with Crippen LogP contribution < -0.4 is 5.48 Å². The summed E-state index contributed by atoms with van der Waals surface area (Å²) in [6, 6.07) is 0. The lowest BCUT2D eigenvalue weighted by Gasteiger charge is -2.08. The van der Waals surface area contributed by atoms with E-state index >= 15 is 0 Å². The zero-order valence-corrected chi connectivity index (χ0v) is 4.19. The van der Waals surface area contributed by atoms with E-state index in [1.807, 2.05) is 19.3 Å². The molecule has 0 aromatic heterocycles. The Morgan fingerprint density at radius 2 is 2.17 bits per heavy atom. The van der Waals surface area contributed by atoms with Crippen LogP contribution in [-0.4, -0.2) is 6.54 Å². The molecule has 0 saturated heterocycles. The summed E-state index contributed by atoms with van der Waals surface area (Å²) in [5.74, 6) is 0.475. The molecule has 0 fully saturated rings. The van der Waals surface area contributed by atoms with Crippen molar-refractivity contribution in [3.63, 3.8) is 0 Å². The smallest absolute Gasteiger partial charge is 0.0146 e. The van der Waals surface area contributed by atoms with Crippen LogP contribution in [-0.2, 0) is 0 Å². The predicted molar refractivity (Wildman–Crippen MR) is 26.2 cm³/mol. The monoisotopic (exact) mass is 88.1 g/mol. The van der Waals surface area contributed by atoms with Crippen LogP contribution in [0.5, 0.6) is 0 Å². The van der Waals surface area contributed by atoms with E-state index in [0.717, 1.165) is 0 Å². The van der Waals surface area contributed by atoms with E-state index < -0.39 is 0 Å². The molecule has 0 aliphatic carbocycles. The van der Waals surface area contributed by atoms with Crippen LogP contribution in [0.15, 0.2) is 0 Å². The van der Waals surface area contributed by atoms with Crippen LogP contribution >= 0.6 is 0 Å². The number of rotatable bonds is 2. The zero-order valence-electron chi connectivity index (χ0n) is 4.19. The van der Waals surface area contributed by atoms with E-state index in [9.17, 15) is 5.21 Å². The Hall–Kier alpha value is -0.0800. The molecule has 6 heavy (non-hydrogen) atoms. The molecule has 1 N–H and O–H groups in total. The van der Waals surface area contributed by atoms with Gasteiger partial charge >= 0.3 is 0 Å². The van der Waals surface area contributed by atoms with Crippen molar-refractivity contribution in [2.45, 2.75) is 13.8 Å². The maximum absolute atomic E-state index is 9.49. The average molecular weight is 88.1 g/mol. The fraction of sp³-hybridized carbons (Fsp3) is 1.00. The second-order valence-corrected chi connectivity index (χ2v) is 1.74. The minimum absolute atomic E-state index is 0.475. The highest BCUT2D eigenvalue weighted by atomic mass is 16.5. The third kappa shape index (κ3) is 3.92. The van der Waals surface area contributed by atoms with Crippen molar-refractivity contribution >= 4 is 0 Å². The maximum atomic E-state index is 9.49. The third-order valence-corrected chi connectivity index (χ3v) is 0.492. The molecule has 0 saturated carbocycles. The number of hydrogen-bond donors (Lipinski definition) is 1. The molecule has 0 amide bonds. The Labute approximate surface area is 38.1 Å². The van der Waals surface area contributed by atoms with Crippen LogP contribution in [0.3, 0.4) is 0 Å². The van der Waals surface area contributed by atoms with Crippen molar-refractivity contribution in [1.82, 2.24) is 5.48 Å². The summed E-state index contributed by atoms with van der Waals surface area (Å²) in [6.07, 6.45) is 0. The largest absolute Gasteiger partial charge is 0.788 e. The molecule has 0 aromatic carbocycles. The minimum Gasteiger partial charge on any atom is -0.788 e. The molecule has 2 nitrogen and oxygen atoms in total. The SMILES string of the molecule is CC(C)CN[O-].